The highest BCUT2D eigenvalue weighted by Crippen LogP contribution is 2.31. The van der Waals surface area contributed by atoms with Gasteiger partial charge >= 0.3 is 0 Å². The van der Waals surface area contributed by atoms with Crippen LogP contribution in [-0.4, -0.2) is 71.2 Å². The highest BCUT2D eigenvalue weighted by molar-refractivity contribution is 7.90. The SMILES string of the molecule is CN(C)c1cccc2c(S(=O)(=O)NCCCCCN)cccc12.CN(C)c1cccc2c(S(=O)(=O)NCCCCCN)cccc12. The van der Waals surface area contributed by atoms with Crippen LogP contribution in [0.1, 0.15) is 38.5 Å². The molecule has 0 fully saturated rings. The van der Waals surface area contributed by atoms with Crippen molar-refractivity contribution in [1.82, 2.24) is 9.44 Å². The van der Waals surface area contributed by atoms with Crippen molar-refractivity contribution in [1.29, 1.82) is 0 Å². The Hall–Kier alpha value is -3.26. The molecule has 0 saturated heterocycles. The van der Waals surface area contributed by atoms with Gasteiger partial charge in [-0.15, -0.1) is 0 Å². The van der Waals surface area contributed by atoms with Gasteiger partial charge in [-0.2, -0.15) is 0 Å². The molecule has 0 atom stereocenters. The number of benzene rings is 4. The number of rotatable bonds is 16. The van der Waals surface area contributed by atoms with E-state index in [-0.39, 0.29) is 0 Å². The third-order valence-corrected chi connectivity index (χ3v) is 10.6. The topological polar surface area (TPSA) is 151 Å². The van der Waals surface area contributed by atoms with Gasteiger partial charge in [0.05, 0.1) is 9.79 Å². The number of fused-ring (bicyclic) bond motifs is 2. The van der Waals surface area contributed by atoms with E-state index in [1.54, 1.807) is 24.3 Å². The van der Waals surface area contributed by atoms with Gasteiger partial charge in [-0.3, -0.25) is 0 Å². The Morgan fingerprint density at radius 3 is 1.20 bits per heavy atom. The van der Waals surface area contributed by atoms with E-state index in [2.05, 4.69) is 9.44 Å². The fourth-order valence-corrected chi connectivity index (χ4v) is 7.83. The average Bonchev–Trinajstić information content (AvgIpc) is 3.03. The lowest BCUT2D eigenvalue weighted by molar-refractivity contribution is 0.574. The average molecular weight is 671 g/mol. The van der Waals surface area contributed by atoms with E-state index < -0.39 is 20.0 Å². The van der Waals surface area contributed by atoms with Crippen molar-refractivity contribution in [3.8, 4) is 0 Å². The molecule has 46 heavy (non-hydrogen) atoms. The number of hydrogen-bond acceptors (Lipinski definition) is 8. The fourth-order valence-electron chi connectivity index (χ4n) is 5.24. The Kier molecular flexibility index (Phi) is 14.2. The Morgan fingerprint density at radius 1 is 0.500 bits per heavy atom. The molecule has 0 aromatic heterocycles. The smallest absolute Gasteiger partial charge is 0.241 e. The molecule has 12 heteroatoms. The highest BCUT2D eigenvalue weighted by atomic mass is 32.2. The van der Waals surface area contributed by atoms with Crippen LogP contribution in [0, 0.1) is 0 Å². The third kappa shape index (κ3) is 9.87. The molecule has 0 aliphatic carbocycles. The van der Waals surface area contributed by atoms with E-state index in [4.69, 9.17) is 11.5 Å². The van der Waals surface area contributed by atoms with Crippen LogP contribution in [0.4, 0.5) is 11.4 Å². The minimum Gasteiger partial charge on any atom is -0.377 e. The van der Waals surface area contributed by atoms with Crippen LogP contribution in [-0.2, 0) is 20.0 Å². The van der Waals surface area contributed by atoms with E-state index in [1.807, 2.05) is 86.5 Å². The van der Waals surface area contributed by atoms with Crippen molar-refractivity contribution in [2.75, 3.05) is 64.2 Å². The summed E-state index contributed by atoms with van der Waals surface area (Å²) in [4.78, 5) is 4.63. The standard InChI is InChI=1S/2C17H25N3O2S/c2*1-20(2)16-10-6-9-15-14(16)8-7-11-17(15)23(21,22)19-13-5-3-4-12-18/h2*6-11,19H,3-5,12-13,18H2,1-2H3. The zero-order valence-corrected chi connectivity index (χ0v) is 29.1. The third-order valence-electron chi connectivity index (χ3n) is 7.61. The van der Waals surface area contributed by atoms with Crippen LogP contribution in [0.2, 0.25) is 0 Å². The summed E-state index contributed by atoms with van der Waals surface area (Å²) in [6, 6.07) is 22.2. The molecular formula is C34H50N6O4S2. The zero-order chi connectivity index (χ0) is 33.7. The van der Waals surface area contributed by atoms with E-state index in [0.717, 1.165) is 71.4 Å². The molecule has 0 amide bonds. The zero-order valence-electron chi connectivity index (χ0n) is 27.5. The summed E-state index contributed by atoms with van der Waals surface area (Å²) in [5.74, 6) is 0. The molecule has 0 saturated carbocycles. The number of anilines is 2. The minimum atomic E-state index is -3.52. The summed E-state index contributed by atoms with van der Waals surface area (Å²) in [6.07, 6.45) is 5.29. The molecule has 0 aliphatic rings. The lowest BCUT2D eigenvalue weighted by atomic mass is 10.1. The second-order valence-corrected chi connectivity index (χ2v) is 15.0. The number of sulfonamides is 2. The lowest BCUT2D eigenvalue weighted by Crippen LogP contribution is -2.25. The largest absolute Gasteiger partial charge is 0.377 e. The van der Waals surface area contributed by atoms with Gasteiger partial charge in [0.2, 0.25) is 20.0 Å². The van der Waals surface area contributed by atoms with E-state index in [9.17, 15) is 16.8 Å². The quantitative estimate of drug-likeness (QED) is 0.126. The van der Waals surface area contributed by atoms with Gasteiger partial charge < -0.3 is 21.3 Å². The first-order valence-electron chi connectivity index (χ1n) is 15.7. The van der Waals surface area contributed by atoms with Gasteiger partial charge in [-0.05, 0) is 63.0 Å². The molecule has 0 bridgehead atoms. The van der Waals surface area contributed by atoms with Gasteiger partial charge in [-0.1, -0.05) is 61.4 Å². The maximum absolute atomic E-state index is 12.6. The highest BCUT2D eigenvalue weighted by Gasteiger charge is 2.19. The van der Waals surface area contributed by atoms with Crippen LogP contribution in [0.15, 0.2) is 82.6 Å². The summed E-state index contributed by atoms with van der Waals surface area (Å²) in [6.45, 7) is 2.16. The molecular weight excluding hydrogens is 621 g/mol. The van der Waals surface area contributed by atoms with E-state index in [0.29, 0.717) is 36.0 Å². The maximum Gasteiger partial charge on any atom is 0.241 e. The predicted octanol–water partition coefficient (Wildman–Crippen LogP) is 4.63. The van der Waals surface area contributed by atoms with E-state index >= 15 is 0 Å². The first kappa shape index (κ1) is 37.2. The Morgan fingerprint density at radius 2 is 0.848 bits per heavy atom. The van der Waals surface area contributed by atoms with Gasteiger partial charge in [0.15, 0.2) is 0 Å². The van der Waals surface area contributed by atoms with Gasteiger partial charge in [0, 0.05) is 74.2 Å². The Labute approximate surface area is 275 Å². The molecule has 0 spiro atoms. The Balaban J connectivity index is 0.000000250. The number of hydrogen-bond donors (Lipinski definition) is 4. The monoisotopic (exact) mass is 670 g/mol. The summed E-state index contributed by atoms with van der Waals surface area (Å²) in [5, 5.41) is 3.35. The fraction of sp³-hybridized carbons (Fsp3) is 0.412. The van der Waals surface area contributed by atoms with Crippen molar-refractivity contribution < 1.29 is 16.8 Å². The lowest BCUT2D eigenvalue weighted by Gasteiger charge is -2.17. The molecule has 10 nitrogen and oxygen atoms in total. The number of unbranched alkanes of at least 4 members (excludes halogenated alkanes) is 4. The van der Waals surface area contributed by atoms with Gasteiger partial charge in [0.1, 0.15) is 0 Å². The van der Waals surface area contributed by atoms with Crippen LogP contribution in [0.25, 0.3) is 21.5 Å². The maximum atomic E-state index is 12.6. The summed E-state index contributed by atoms with van der Waals surface area (Å²) < 4.78 is 55.8. The number of nitrogens with one attached hydrogen (secondary N) is 2. The molecule has 0 radical (unpaired) electrons. The van der Waals surface area contributed by atoms with E-state index in [1.165, 1.54) is 0 Å². The molecule has 252 valence electrons. The van der Waals surface area contributed by atoms with Crippen LogP contribution in [0.3, 0.4) is 0 Å². The van der Waals surface area contributed by atoms with Crippen molar-refractivity contribution >= 4 is 53.0 Å². The first-order chi connectivity index (χ1) is 21.9. The first-order valence-corrected chi connectivity index (χ1v) is 18.7. The van der Waals surface area contributed by atoms with Crippen LogP contribution < -0.4 is 30.7 Å². The van der Waals surface area contributed by atoms with Crippen molar-refractivity contribution in [2.45, 2.75) is 48.3 Å². The van der Waals surface area contributed by atoms with Crippen molar-refractivity contribution in [3.05, 3.63) is 72.8 Å². The molecule has 0 heterocycles. The molecule has 4 aromatic rings. The van der Waals surface area contributed by atoms with Gasteiger partial charge in [-0.25, -0.2) is 26.3 Å². The molecule has 0 unspecified atom stereocenters. The molecule has 4 rings (SSSR count). The predicted molar refractivity (Wildman–Crippen MR) is 193 cm³/mol. The second kappa shape index (κ2) is 17.6. The van der Waals surface area contributed by atoms with Gasteiger partial charge in [0.25, 0.3) is 0 Å². The number of nitrogens with two attached hydrogens (primary N) is 2. The minimum absolute atomic E-state index is 0.331. The van der Waals surface area contributed by atoms with Crippen molar-refractivity contribution in [2.24, 2.45) is 11.5 Å². The summed E-state index contributed by atoms with van der Waals surface area (Å²) in [7, 11) is 0.768. The number of nitrogens with zero attached hydrogens (tertiary/aromatic N) is 2. The van der Waals surface area contributed by atoms with Crippen molar-refractivity contribution in [3.63, 3.8) is 0 Å². The van der Waals surface area contributed by atoms with Crippen LogP contribution in [0.5, 0.6) is 0 Å². The molecule has 4 aromatic carbocycles. The normalized spacial score (nSPS) is 11.8. The molecule has 0 aliphatic heterocycles. The molecule has 6 N–H and O–H groups in total. The summed E-state index contributed by atoms with van der Waals surface area (Å²) >= 11 is 0. The Bertz CT molecular complexity index is 1650. The second-order valence-electron chi connectivity index (χ2n) is 11.5. The van der Waals surface area contributed by atoms with Crippen LogP contribution >= 0.6 is 0 Å². The summed E-state index contributed by atoms with van der Waals surface area (Å²) in [5.41, 5.74) is 12.9.